The van der Waals surface area contributed by atoms with E-state index in [1.165, 1.54) is 11.6 Å². The quantitative estimate of drug-likeness (QED) is 0.163. The number of methoxy groups -OCH3 is 1. The topological polar surface area (TPSA) is 86.5 Å². The highest BCUT2D eigenvalue weighted by molar-refractivity contribution is 5.97. The number of aryl methyl sites for hydroxylation is 1. The molecule has 0 saturated carbocycles. The molecular formula is C31H43N7O2. The summed E-state index contributed by atoms with van der Waals surface area (Å²) in [5.74, 6) is 0.771. The predicted octanol–water partition coefficient (Wildman–Crippen LogP) is 5.26. The molecule has 0 aliphatic rings. The molecule has 214 valence electrons. The third-order valence-corrected chi connectivity index (χ3v) is 6.25. The first-order valence-corrected chi connectivity index (χ1v) is 13.2. The lowest BCUT2D eigenvalue weighted by Gasteiger charge is -2.25. The maximum absolute atomic E-state index is 9.06. The molecule has 1 heterocycles. The Labute approximate surface area is 238 Å². The summed E-state index contributed by atoms with van der Waals surface area (Å²) in [5, 5.41) is 7.82. The number of nitrogens with one attached hydrogen (secondary N) is 2. The predicted molar refractivity (Wildman–Crippen MR) is 173 cm³/mol. The van der Waals surface area contributed by atoms with Gasteiger partial charge in [-0.1, -0.05) is 24.8 Å². The summed E-state index contributed by atoms with van der Waals surface area (Å²) >= 11 is 0. The highest BCUT2D eigenvalue weighted by atomic mass is 16.5. The summed E-state index contributed by atoms with van der Waals surface area (Å²) in [6.07, 6.45) is 7.62. The summed E-state index contributed by atoms with van der Waals surface area (Å²) in [4.78, 5) is 22.2. The van der Waals surface area contributed by atoms with E-state index in [-0.39, 0.29) is 0 Å². The van der Waals surface area contributed by atoms with Crippen molar-refractivity contribution in [1.29, 1.82) is 0 Å². The van der Waals surface area contributed by atoms with Crippen molar-refractivity contribution in [1.82, 2.24) is 9.47 Å². The normalized spacial score (nSPS) is 11.2. The number of likely N-dealkylation sites (N-methyl/N-ethyl adjacent to an activating group) is 2. The molecule has 0 bridgehead atoms. The van der Waals surface area contributed by atoms with E-state index in [1.54, 1.807) is 13.3 Å². The van der Waals surface area contributed by atoms with Crippen molar-refractivity contribution in [2.24, 2.45) is 9.98 Å². The number of anilines is 3. The molecule has 1 aromatic heterocycles. The Hall–Kier alpha value is -4.37. The van der Waals surface area contributed by atoms with Crippen LogP contribution in [-0.2, 0) is 11.3 Å². The molecule has 0 aliphatic carbocycles. The highest BCUT2D eigenvalue weighted by Crippen LogP contribution is 2.36. The molecule has 3 rings (SSSR count). The number of rotatable bonds is 14. The van der Waals surface area contributed by atoms with E-state index in [0.29, 0.717) is 13.0 Å². The molecule has 9 nitrogen and oxygen atoms in total. The number of aldehydes is 1. The van der Waals surface area contributed by atoms with E-state index >= 15 is 0 Å². The molecule has 2 N–H and O–H groups in total. The van der Waals surface area contributed by atoms with E-state index < -0.39 is 0 Å². The average molecular weight is 546 g/mol. The van der Waals surface area contributed by atoms with Gasteiger partial charge >= 0.3 is 0 Å². The Morgan fingerprint density at radius 3 is 2.48 bits per heavy atom. The van der Waals surface area contributed by atoms with Crippen molar-refractivity contribution in [3.8, 4) is 5.75 Å². The summed E-state index contributed by atoms with van der Waals surface area (Å²) in [7, 11) is 9.86. The Morgan fingerprint density at radius 1 is 1.15 bits per heavy atom. The second kappa shape index (κ2) is 16.6. The Morgan fingerprint density at radius 2 is 1.88 bits per heavy atom. The van der Waals surface area contributed by atoms with Crippen LogP contribution >= 0.6 is 0 Å². The second-order valence-electron chi connectivity index (χ2n) is 9.14. The number of fused-ring (bicyclic) bond motifs is 1. The van der Waals surface area contributed by atoms with Crippen LogP contribution < -0.4 is 20.3 Å². The number of hydrogen-bond acceptors (Lipinski definition) is 8. The molecule has 0 atom stereocenters. The van der Waals surface area contributed by atoms with E-state index in [2.05, 4.69) is 113 Å². The van der Waals surface area contributed by atoms with Gasteiger partial charge in [-0.25, -0.2) is 0 Å². The number of carbonyl (C=O) groups excluding carboxylic acids is 1. The molecule has 0 spiro atoms. The number of aromatic nitrogens is 1. The Balaban J connectivity index is 0.00000131. The lowest BCUT2D eigenvalue weighted by atomic mass is 10.1. The van der Waals surface area contributed by atoms with Gasteiger partial charge in [0.2, 0.25) is 0 Å². The maximum atomic E-state index is 9.06. The van der Waals surface area contributed by atoms with E-state index in [1.807, 2.05) is 19.2 Å². The minimum atomic E-state index is 0.396. The lowest BCUT2D eigenvalue weighted by Crippen LogP contribution is -2.29. The Bertz CT molecular complexity index is 1320. The standard InChI is InChI=1S/C28H39N7O.C3H4O/c1-8-35-19-22(21-11-9-10-12-26(21)35)23(29-2)13-14-31-20-32-25-17-24(30-3)27(18-28(25)36-7)34(6)16-15-33(4)5;1-2-3-4/h9-14,17-19,30,32H,2,8,15-16,20H2,1,3-7H3;2-3H,1H2/b23-13-,31-14-;. The van der Waals surface area contributed by atoms with Crippen molar-refractivity contribution in [3.63, 3.8) is 0 Å². The minimum Gasteiger partial charge on any atom is -0.495 e. The molecule has 0 unspecified atom stereocenters. The summed E-state index contributed by atoms with van der Waals surface area (Å²) in [6, 6.07) is 12.4. The van der Waals surface area contributed by atoms with Gasteiger partial charge < -0.3 is 29.7 Å². The number of ether oxygens (including phenoxy) is 1. The fourth-order valence-corrected chi connectivity index (χ4v) is 4.11. The number of nitrogens with zero attached hydrogens (tertiary/aromatic N) is 5. The third kappa shape index (κ3) is 8.57. The van der Waals surface area contributed by atoms with Gasteiger partial charge in [0, 0.05) is 68.7 Å². The smallest absolute Gasteiger partial charge is 0.144 e. The van der Waals surface area contributed by atoms with Crippen LogP contribution in [0.15, 0.2) is 71.3 Å². The van der Waals surface area contributed by atoms with Crippen molar-refractivity contribution in [2.75, 3.05) is 70.6 Å². The number of allylic oxidation sites excluding steroid dienone is 2. The van der Waals surface area contributed by atoms with Crippen LogP contribution in [0.5, 0.6) is 5.75 Å². The van der Waals surface area contributed by atoms with Crippen LogP contribution in [-0.4, -0.2) is 83.7 Å². The van der Waals surface area contributed by atoms with Crippen LogP contribution in [0, 0.1) is 0 Å². The molecule has 0 aliphatic heterocycles. The van der Waals surface area contributed by atoms with Crippen LogP contribution in [0.2, 0.25) is 0 Å². The monoisotopic (exact) mass is 545 g/mol. The summed E-state index contributed by atoms with van der Waals surface area (Å²) in [6.45, 7) is 12.2. The zero-order valence-electron chi connectivity index (χ0n) is 24.6. The molecule has 0 amide bonds. The number of carbonyl (C=O) groups is 1. The zero-order valence-corrected chi connectivity index (χ0v) is 24.6. The fraction of sp³-hybridized carbons (Fsp3) is 0.323. The van der Waals surface area contributed by atoms with Crippen molar-refractivity contribution >= 4 is 52.9 Å². The van der Waals surface area contributed by atoms with Gasteiger partial charge in [-0.3, -0.25) is 14.8 Å². The fourth-order valence-electron chi connectivity index (χ4n) is 4.11. The molecule has 0 saturated heterocycles. The van der Waals surface area contributed by atoms with Gasteiger partial charge in [-0.05, 0) is 52.0 Å². The van der Waals surface area contributed by atoms with E-state index in [4.69, 9.17) is 9.53 Å². The molecule has 3 aromatic rings. The van der Waals surface area contributed by atoms with E-state index in [9.17, 15) is 0 Å². The molecule has 9 heteroatoms. The average Bonchev–Trinajstić information content (AvgIpc) is 3.36. The summed E-state index contributed by atoms with van der Waals surface area (Å²) < 4.78 is 7.89. The second-order valence-corrected chi connectivity index (χ2v) is 9.14. The Kier molecular flexibility index (Phi) is 13.2. The zero-order chi connectivity index (χ0) is 29.5. The molecule has 40 heavy (non-hydrogen) atoms. The van der Waals surface area contributed by atoms with Gasteiger partial charge in [0.05, 0.1) is 29.9 Å². The molecule has 2 aromatic carbocycles. The number of para-hydroxylation sites is 1. The van der Waals surface area contributed by atoms with Crippen LogP contribution in [0.4, 0.5) is 17.1 Å². The molecule has 0 radical (unpaired) electrons. The van der Waals surface area contributed by atoms with Gasteiger partial charge in [0.15, 0.2) is 0 Å². The third-order valence-electron chi connectivity index (χ3n) is 6.25. The highest BCUT2D eigenvalue weighted by Gasteiger charge is 2.13. The largest absolute Gasteiger partial charge is 0.495 e. The molecule has 0 fully saturated rings. The van der Waals surface area contributed by atoms with Gasteiger partial charge in [-0.15, -0.1) is 0 Å². The summed E-state index contributed by atoms with van der Waals surface area (Å²) in [5.41, 5.74) is 6.01. The first-order valence-electron chi connectivity index (χ1n) is 13.2. The number of benzene rings is 2. The number of hydrogen-bond donors (Lipinski definition) is 2. The van der Waals surface area contributed by atoms with Crippen molar-refractivity contribution < 1.29 is 9.53 Å². The van der Waals surface area contributed by atoms with Gasteiger partial charge in [-0.2, -0.15) is 0 Å². The van der Waals surface area contributed by atoms with Gasteiger partial charge in [0.1, 0.15) is 18.7 Å². The lowest BCUT2D eigenvalue weighted by molar-refractivity contribution is -0.104. The van der Waals surface area contributed by atoms with Gasteiger partial charge in [0.25, 0.3) is 0 Å². The molecular weight excluding hydrogens is 502 g/mol. The number of aliphatic imine (C=N–C) groups is 2. The maximum Gasteiger partial charge on any atom is 0.144 e. The van der Waals surface area contributed by atoms with Crippen molar-refractivity contribution in [3.05, 3.63) is 66.9 Å². The SMILES string of the molecule is C=CC=O.C=N/C(=C\C=N/CNc1cc(NC)c(N(C)CCN(C)C)cc1OC)c1cn(CC)c2ccccc12. The van der Waals surface area contributed by atoms with Crippen LogP contribution in [0.3, 0.4) is 0 Å². The minimum absolute atomic E-state index is 0.396. The van der Waals surface area contributed by atoms with Crippen LogP contribution in [0.25, 0.3) is 16.6 Å². The first kappa shape index (κ1) is 31.8. The van der Waals surface area contributed by atoms with Crippen molar-refractivity contribution in [2.45, 2.75) is 13.5 Å². The first-order chi connectivity index (χ1) is 19.3. The van der Waals surface area contributed by atoms with E-state index in [0.717, 1.165) is 59.1 Å². The van der Waals surface area contributed by atoms with Crippen LogP contribution in [0.1, 0.15) is 12.5 Å².